The van der Waals surface area contributed by atoms with E-state index in [4.69, 9.17) is 9.47 Å². The summed E-state index contributed by atoms with van der Waals surface area (Å²) in [7, 11) is 0. The molecule has 1 aromatic carbocycles. The van der Waals surface area contributed by atoms with E-state index in [9.17, 15) is 14.7 Å². The van der Waals surface area contributed by atoms with Gasteiger partial charge in [0.05, 0.1) is 5.60 Å². The first-order chi connectivity index (χ1) is 13.1. The van der Waals surface area contributed by atoms with Crippen molar-refractivity contribution >= 4 is 11.9 Å². The smallest absolute Gasteiger partial charge is 0.407 e. The second kappa shape index (κ2) is 11.1. The monoisotopic (exact) mass is 393 g/mol. The molecule has 0 heterocycles. The average molecular weight is 394 g/mol. The summed E-state index contributed by atoms with van der Waals surface area (Å²) in [6.07, 6.45) is 2.74. The molecule has 0 aromatic heterocycles. The summed E-state index contributed by atoms with van der Waals surface area (Å²) in [5.74, 6) is 0.454. The van der Waals surface area contributed by atoms with Crippen LogP contribution in [0.5, 0.6) is 5.75 Å². The van der Waals surface area contributed by atoms with Crippen molar-refractivity contribution in [2.75, 3.05) is 13.2 Å². The van der Waals surface area contributed by atoms with Crippen molar-refractivity contribution in [3.63, 3.8) is 0 Å². The molecular weight excluding hydrogens is 358 g/mol. The SMILES string of the molecule is CCCC(O)(CCC)COc1cccc(C(=O)CCNC(=O)OC(C)(C)C)c1. The molecule has 0 aliphatic carbocycles. The lowest BCUT2D eigenvalue weighted by atomic mass is 9.94. The molecule has 0 saturated heterocycles. The molecule has 1 rings (SSSR count). The number of Topliss-reactive ketones (excluding diaryl/α,β-unsaturated/α-hetero) is 1. The number of hydrogen-bond acceptors (Lipinski definition) is 5. The summed E-state index contributed by atoms with van der Waals surface area (Å²) >= 11 is 0. The maximum atomic E-state index is 12.4. The van der Waals surface area contributed by atoms with Crippen LogP contribution in [0.15, 0.2) is 24.3 Å². The van der Waals surface area contributed by atoms with Crippen LogP contribution in [0.3, 0.4) is 0 Å². The first-order valence-electron chi connectivity index (χ1n) is 10.0. The number of carbonyl (C=O) groups is 2. The van der Waals surface area contributed by atoms with Gasteiger partial charge in [0.15, 0.2) is 5.78 Å². The molecule has 0 saturated carbocycles. The number of hydrogen-bond donors (Lipinski definition) is 2. The van der Waals surface area contributed by atoms with Gasteiger partial charge in [-0.3, -0.25) is 4.79 Å². The third-order valence-electron chi connectivity index (χ3n) is 4.11. The van der Waals surface area contributed by atoms with E-state index in [1.807, 2.05) is 13.8 Å². The molecule has 28 heavy (non-hydrogen) atoms. The maximum absolute atomic E-state index is 12.4. The van der Waals surface area contributed by atoms with Gasteiger partial charge in [0.25, 0.3) is 0 Å². The third kappa shape index (κ3) is 9.22. The summed E-state index contributed by atoms with van der Waals surface area (Å²) < 4.78 is 10.9. The van der Waals surface area contributed by atoms with E-state index in [1.165, 1.54) is 0 Å². The van der Waals surface area contributed by atoms with E-state index < -0.39 is 17.3 Å². The molecule has 0 unspecified atom stereocenters. The highest BCUT2D eigenvalue weighted by Crippen LogP contribution is 2.22. The predicted octanol–water partition coefficient (Wildman–Crippen LogP) is 4.49. The van der Waals surface area contributed by atoms with Crippen LogP contribution < -0.4 is 10.1 Å². The van der Waals surface area contributed by atoms with Crippen molar-refractivity contribution in [3.8, 4) is 5.75 Å². The molecule has 1 amide bonds. The largest absolute Gasteiger partial charge is 0.491 e. The molecule has 0 aliphatic rings. The first-order valence-corrected chi connectivity index (χ1v) is 10.0. The summed E-state index contributed by atoms with van der Waals surface area (Å²) in [4.78, 5) is 24.0. The van der Waals surface area contributed by atoms with E-state index >= 15 is 0 Å². The van der Waals surface area contributed by atoms with Gasteiger partial charge in [-0.1, -0.05) is 38.8 Å². The molecular formula is C22H35NO5. The molecule has 0 atom stereocenters. The number of ether oxygens (including phenoxy) is 2. The van der Waals surface area contributed by atoms with Crippen molar-refractivity contribution in [1.82, 2.24) is 5.32 Å². The molecule has 1 aromatic rings. The molecule has 2 N–H and O–H groups in total. The van der Waals surface area contributed by atoms with Crippen LogP contribution in [0.1, 0.15) is 77.1 Å². The van der Waals surface area contributed by atoms with Gasteiger partial charge in [-0.25, -0.2) is 4.79 Å². The van der Waals surface area contributed by atoms with Crippen LogP contribution in [-0.4, -0.2) is 41.3 Å². The minimum absolute atomic E-state index is 0.0983. The van der Waals surface area contributed by atoms with E-state index in [1.54, 1.807) is 45.0 Å². The fourth-order valence-electron chi connectivity index (χ4n) is 2.91. The minimum atomic E-state index is -0.846. The van der Waals surface area contributed by atoms with Crippen LogP contribution in [0.4, 0.5) is 4.79 Å². The van der Waals surface area contributed by atoms with Gasteiger partial charge in [-0.15, -0.1) is 0 Å². The molecule has 6 nitrogen and oxygen atoms in total. The van der Waals surface area contributed by atoms with Gasteiger partial charge in [0.1, 0.15) is 18.0 Å². The molecule has 158 valence electrons. The molecule has 0 fully saturated rings. The molecule has 0 aliphatic heterocycles. The lowest BCUT2D eigenvalue weighted by molar-refractivity contribution is -0.0202. The second-order valence-electron chi connectivity index (χ2n) is 8.14. The summed E-state index contributed by atoms with van der Waals surface area (Å²) in [5.41, 5.74) is -0.907. The van der Waals surface area contributed by atoms with Crippen LogP contribution in [0.2, 0.25) is 0 Å². The number of carbonyl (C=O) groups excluding carboxylic acids is 2. The summed E-state index contributed by atoms with van der Waals surface area (Å²) in [5, 5.41) is 13.2. The summed E-state index contributed by atoms with van der Waals surface area (Å²) in [6, 6.07) is 6.91. The molecule has 0 bridgehead atoms. The van der Waals surface area contributed by atoms with E-state index in [-0.39, 0.29) is 25.4 Å². The normalized spacial score (nSPS) is 11.8. The van der Waals surface area contributed by atoms with Crippen LogP contribution >= 0.6 is 0 Å². The number of benzene rings is 1. The third-order valence-corrected chi connectivity index (χ3v) is 4.11. The predicted molar refractivity (Wildman–Crippen MR) is 110 cm³/mol. The second-order valence-corrected chi connectivity index (χ2v) is 8.14. The highest BCUT2D eigenvalue weighted by Gasteiger charge is 2.26. The van der Waals surface area contributed by atoms with Gasteiger partial charge < -0.3 is 19.9 Å². The van der Waals surface area contributed by atoms with Gasteiger partial charge >= 0.3 is 6.09 Å². The molecule has 0 radical (unpaired) electrons. The van der Waals surface area contributed by atoms with Crippen molar-refractivity contribution in [2.45, 2.75) is 77.9 Å². The number of ketones is 1. The van der Waals surface area contributed by atoms with E-state index in [0.29, 0.717) is 24.2 Å². The molecule has 6 heteroatoms. The first kappa shape index (κ1) is 24.0. The fourth-order valence-corrected chi connectivity index (χ4v) is 2.91. The number of rotatable bonds is 11. The molecule has 0 spiro atoms. The van der Waals surface area contributed by atoms with Gasteiger partial charge in [-0.2, -0.15) is 0 Å². The average Bonchev–Trinajstić information content (AvgIpc) is 2.59. The Labute approximate surface area is 168 Å². The van der Waals surface area contributed by atoms with E-state index in [0.717, 1.165) is 12.8 Å². The van der Waals surface area contributed by atoms with Crippen LogP contribution in [0, 0.1) is 0 Å². The number of amides is 1. The Hall–Kier alpha value is -2.08. The Morgan fingerprint density at radius 3 is 2.32 bits per heavy atom. The van der Waals surface area contributed by atoms with Crippen molar-refractivity contribution < 1.29 is 24.2 Å². The Balaban J connectivity index is 2.57. The quantitative estimate of drug-likeness (QED) is 0.541. The zero-order valence-corrected chi connectivity index (χ0v) is 17.8. The van der Waals surface area contributed by atoms with Gasteiger partial charge in [0.2, 0.25) is 0 Å². The van der Waals surface area contributed by atoms with E-state index in [2.05, 4.69) is 5.32 Å². The Kier molecular flexibility index (Phi) is 9.46. The number of alkyl carbamates (subject to hydrolysis) is 1. The highest BCUT2D eigenvalue weighted by molar-refractivity contribution is 5.96. The van der Waals surface area contributed by atoms with Crippen molar-refractivity contribution in [2.24, 2.45) is 0 Å². The zero-order chi connectivity index (χ0) is 21.2. The van der Waals surface area contributed by atoms with Crippen molar-refractivity contribution in [1.29, 1.82) is 0 Å². The van der Waals surface area contributed by atoms with Crippen LogP contribution in [-0.2, 0) is 4.74 Å². The summed E-state index contributed by atoms with van der Waals surface area (Å²) in [6.45, 7) is 9.82. The highest BCUT2D eigenvalue weighted by atomic mass is 16.6. The van der Waals surface area contributed by atoms with Crippen molar-refractivity contribution in [3.05, 3.63) is 29.8 Å². The standard InChI is InChI=1S/C22H35NO5/c1-6-12-22(26,13-7-2)16-27-18-10-8-9-17(15-18)19(24)11-14-23-20(25)28-21(3,4)5/h8-10,15,26H,6-7,11-14,16H2,1-5H3,(H,23,25). The maximum Gasteiger partial charge on any atom is 0.407 e. The van der Waals surface area contributed by atoms with Gasteiger partial charge in [0, 0.05) is 18.5 Å². The fraction of sp³-hybridized carbons (Fsp3) is 0.636. The Bertz CT molecular complexity index is 630. The Morgan fingerprint density at radius 1 is 1.11 bits per heavy atom. The minimum Gasteiger partial charge on any atom is -0.491 e. The lowest BCUT2D eigenvalue weighted by Crippen LogP contribution is -2.35. The topological polar surface area (TPSA) is 84.9 Å². The van der Waals surface area contributed by atoms with Gasteiger partial charge in [-0.05, 0) is 45.7 Å². The Morgan fingerprint density at radius 2 is 1.75 bits per heavy atom. The number of nitrogens with one attached hydrogen (secondary N) is 1. The lowest BCUT2D eigenvalue weighted by Gasteiger charge is -2.27. The zero-order valence-electron chi connectivity index (χ0n) is 17.8. The van der Waals surface area contributed by atoms with Crippen LogP contribution in [0.25, 0.3) is 0 Å². The number of aliphatic hydroxyl groups is 1.